The Hall–Kier alpha value is -1.38. The molecule has 0 N–H and O–H groups in total. The van der Waals surface area contributed by atoms with E-state index in [1.54, 1.807) is 17.4 Å². The third-order valence-corrected chi connectivity index (χ3v) is 1.00. The number of allylic oxidation sites excluding steroid dienone is 2. The Bertz CT molecular complexity index is 162. The molecule has 0 radical (unpaired) electrons. The fourth-order valence-electron chi connectivity index (χ4n) is 0.438. The number of nitrogens with zero attached hydrogens (tertiary/aromatic N) is 3. The third-order valence-electron chi connectivity index (χ3n) is 1.00. The van der Waals surface area contributed by atoms with Crippen molar-refractivity contribution in [2.24, 2.45) is 10.1 Å². The van der Waals surface area contributed by atoms with Gasteiger partial charge in [0, 0.05) is 19.1 Å². The molecule has 0 saturated heterocycles. The molecule has 0 aliphatic rings. The van der Waals surface area contributed by atoms with Crippen LogP contribution in [-0.2, 0) is 0 Å². The quantitative estimate of drug-likeness (QED) is 0.433. The first-order chi connectivity index (χ1) is 5.35. The summed E-state index contributed by atoms with van der Waals surface area (Å²) in [5, 5.41) is 5.17. The maximum absolute atomic E-state index is 4.01. The summed E-state index contributed by atoms with van der Waals surface area (Å²) in [5.41, 5.74) is 0. The van der Waals surface area contributed by atoms with Crippen LogP contribution in [0.2, 0.25) is 0 Å². The Morgan fingerprint density at radius 1 is 1.55 bits per heavy atom. The highest BCUT2D eigenvalue weighted by Crippen LogP contribution is 1.86. The summed E-state index contributed by atoms with van der Waals surface area (Å²) in [5.74, 6) is 0. The van der Waals surface area contributed by atoms with Crippen LogP contribution in [0, 0.1) is 0 Å². The average molecular weight is 151 g/mol. The van der Waals surface area contributed by atoms with Crippen LogP contribution in [0.1, 0.15) is 6.92 Å². The Kier molecular flexibility index (Phi) is 5.89. The standard InChI is InChI=1S/C8H13N3/c1-4-6-7-10-8-11(5-2)9-3/h4-7H,2-3,8H2,1H3/b6-4-,10-7?. The van der Waals surface area contributed by atoms with Gasteiger partial charge in [0.1, 0.15) is 6.67 Å². The van der Waals surface area contributed by atoms with Crippen LogP contribution in [0.3, 0.4) is 0 Å². The van der Waals surface area contributed by atoms with E-state index in [9.17, 15) is 0 Å². The van der Waals surface area contributed by atoms with Crippen molar-refractivity contribution < 1.29 is 0 Å². The van der Waals surface area contributed by atoms with Gasteiger partial charge in [-0.25, -0.2) is 0 Å². The molecule has 0 atom stereocenters. The first-order valence-electron chi connectivity index (χ1n) is 3.32. The van der Waals surface area contributed by atoms with Gasteiger partial charge in [-0.2, -0.15) is 5.10 Å². The minimum atomic E-state index is 0.470. The molecule has 0 aliphatic carbocycles. The molecule has 0 aliphatic heterocycles. The molecule has 3 heteroatoms. The fraction of sp³-hybridized carbons (Fsp3) is 0.250. The molecule has 0 amide bonds. The predicted octanol–water partition coefficient (Wildman–Crippen LogP) is 1.65. The smallest absolute Gasteiger partial charge is 0.131 e. The van der Waals surface area contributed by atoms with E-state index in [1.165, 1.54) is 0 Å². The van der Waals surface area contributed by atoms with E-state index in [0.29, 0.717) is 6.67 Å². The third kappa shape index (κ3) is 5.08. The van der Waals surface area contributed by atoms with Gasteiger partial charge in [-0.05, 0) is 13.0 Å². The highest BCUT2D eigenvalue weighted by atomic mass is 15.5. The molecule has 0 aromatic carbocycles. The average Bonchev–Trinajstić information content (AvgIpc) is 2.05. The highest BCUT2D eigenvalue weighted by molar-refractivity contribution is 5.70. The topological polar surface area (TPSA) is 28.0 Å². The SMILES string of the molecule is C=CN(CN=C/C=C\C)N=C. The molecule has 0 fully saturated rings. The van der Waals surface area contributed by atoms with Gasteiger partial charge in [0.05, 0.1) is 0 Å². The first-order valence-corrected chi connectivity index (χ1v) is 3.32. The Balaban J connectivity index is 3.65. The summed E-state index contributed by atoms with van der Waals surface area (Å²) in [4.78, 5) is 4.01. The lowest BCUT2D eigenvalue weighted by atomic mass is 10.6. The zero-order valence-corrected chi connectivity index (χ0v) is 6.77. The predicted molar refractivity (Wildman–Crippen MR) is 49.8 cm³/mol. The molecule has 0 unspecified atom stereocenters. The number of hydrogen-bond donors (Lipinski definition) is 0. The summed E-state index contributed by atoms with van der Waals surface area (Å²) in [6, 6.07) is 0. The zero-order chi connectivity index (χ0) is 8.53. The fourth-order valence-corrected chi connectivity index (χ4v) is 0.438. The van der Waals surface area contributed by atoms with Gasteiger partial charge in [0.25, 0.3) is 0 Å². The van der Waals surface area contributed by atoms with Crippen molar-refractivity contribution in [2.45, 2.75) is 6.92 Å². The molecule has 0 spiro atoms. The molecule has 0 saturated carbocycles. The molecule has 60 valence electrons. The van der Waals surface area contributed by atoms with Crippen LogP contribution < -0.4 is 0 Å². The molecular formula is C8H13N3. The van der Waals surface area contributed by atoms with Crippen molar-refractivity contribution in [3.05, 3.63) is 24.9 Å². The van der Waals surface area contributed by atoms with E-state index in [1.807, 2.05) is 19.1 Å². The number of rotatable bonds is 5. The van der Waals surface area contributed by atoms with Gasteiger partial charge < -0.3 is 0 Å². The molecule has 11 heavy (non-hydrogen) atoms. The van der Waals surface area contributed by atoms with Crippen molar-refractivity contribution in [3.63, 3.8) is 0 Å². The Morgan fingerprint density at radius 3 is 2.73 bits per heavy atom. The lowest BCUT2D eigenvalue weighted by Crippen LogP contribution is -2.07. The van der Waals surface area contributed by atoms with Crippen LogP contribution in [-0.4, -0.2) is 24.6 Å². The lowest BCUT2D eigenvalue weighted by Gasteiger charge is -2.07. The van der Waals surface area contributed by atoms with E-state index in [0.717, 1.165) is 0 Å². The largest absolute Gasteiger partial charge is 0.270 e. The molecule has 0 rings (SSSR count). The summed E-state index contributed by atoms with van der Waals surface area (Å²) in [6.07, 6.45) is 7.04. The lowest BCUT2D eigenvalue weighted by molar-refractivity contribution is 0.419. The number of aliphatic imine (C=N–C) groups is 1. The van der Waals surface area contributed by atoms with Crippen molar-refractivity contribution in [2.75, 3.05) is 6.67 Å². The summed E-state index contributed by atoms with van der Waals surface area (Å²) >= 11 is 0. The number of hydrazone groups is 1. The van der Waals surface area contributed by atoms with E-state index in [-0.39, 0.29) is 0 Å². The van der Waals surface area contributed by atoms with Gasteiger partial charge in [-0.3, -0.25) is 10.0 Å². The molecule has 0 aromatic rings. The van der Waals surface area contributed by atoms with Crippen molar-refractivity contribution >= 4 is 12.9 Å². The molecule has 0 heterocycles. The monoisotopic (exact) mass is 151 g/mol. The summed E-state index contributed by atoms with van der Waals surface area (Å²) in [7, 11) is 0. The van der Waals surface area contributed by atoms with Crippen LogP contribution >= 0.6 is 0 Å². The van der Waals surface area contributed by atoms with Gasteiger partial charge in [-0.1, -0.05) is 12.7 Å². The molecule has 3 nitrogen and oxygen atoms in total. The second-order valence-electron chi connectivity index (χ2n) is 1.76. The van der Waals surface area contributed by atoms with Crippen molar-refractivity contribution in [1.29, 1.82) is 0 Å². The molecular weight excluding hydrogens is 138 g/mol. The normalized spacial score (nSPS) is 10.6. The molecule has 0 bridgehead atoms. The van der Waals surface area contributed by atoms with E-state index in [2.05, 4.69) is 23.4 Å². The van der Waals surface area contributed by atoms with Crippen LogP contribution in [0.25, 0.3) is 0 Å². The first kappa shape index (κ1) is 9.62. The van der Waals surface area contributed by atoms with Crippen LogP contribution in [0.4, 0.5) is 0 Å². The van der Waals surface area contributed by atoms with Gasteiger partial charge >= 0.3 is 0 Å². The van der Waals surface area contributed by atoms with Gasteiger partial charge in [0.2, 0.25) is 0 Å². The maximum atomic E-state index is 4.01. The van der Waals surface area contributed by atoms with Gasteiger partial charge in [-0.15, -0.1) is 0 Å². The van der Waals surface area contributed by atoms with Crippen LogP contribution in [0.5, 0.6) is 0 Å². The second-order valence-corrected chi connectivity index (χ2v) is 1.76. The minimum absolute atomic E-state index is 0.470. The van der Waals surface area contributed by atoms with E-state index in [4.69, 9.17) is 0 Å². The van der Waals surface area contributed by atoms with E-state index >= 15 is 0 Å². The Morgan fingerprint density at radius 2 is 2.27 bits per heavy atom. The van der Waals surface area contributed by atoms with Crippen LogP contribution in [0.15, 0.2) is 35.0 Å². The second kappa shape index (κ2) is 6.74. The zero-order valence-electron chi connectivity index (χ0n) is 6.77. The van der Waals surface area contributed by atoms with E-state index < -0.39 is 0 Å². The Labute approximate surface area is 67.4 Å². The van der Waals surface area contributed by atoms with Gasteiger partial charge in [0.15, 0.2) is 0 Å². The van der Waals surface area contributed by atoms with Crippen molar-refractivity contribution in [3.8, 4) is 0 Å². The maximum Gasteiger partial charge on any atom is 0.131 e. The summed E-state index contributed by atoms with van der Waals surface area (Å²) in [6.45, 7) is 9.28. The number of hydrogen-bond acceptors (Lipinski definition) is 3. The minimum Gasteiger partial charge on any atom is -0.270 e. The molecule has 0 aromatic heterocycles. The highest BCUT2D eigenvalue weighted by Gasteiger charge is 1.85. The van der Waals surface area contributed by atoms with Crippen molar-refractivity contribution in [1.82, 2.24) is 5.01 Å². The summed E-state index contributed by atoms with van der Waals surface area (Å²) < 4.78 is 0.